The minimum atomic E-state index is -1.07. The van der Waals surface area contributed by atoms with Gasteiger partial charge in [0.05, 0.1) is 12.6 Å². The van der Waals surface area contributed by atoms with Gasteiger partial charge in [-0.25, -0.2) is 18.6 Å². The highest BCUT2D eigenvalue weighted by molar-refractivity contribution is 14.1. The molecule has 35 heavy (non-hydrogen) atoms. The van der Waals surface area contributed by atoms with Crippen LogP contribution in [0.5, 0.6) is 0 Å². The van der Waals surface area contributed by atoms with Crippen molar-refractivity contribution < 1.29 is 27.9 Å². The fourth-order valence-corrected chi connectivity index (χ4v) is 5.26. The molecule has 0 aromatic heterocycles. The predicted molar refractivity (Wildman–Crippen MR) is 130 cm³/mol. The van der Waals surface area contributed by atoms with Crippen molar-refractivity contribution in [3.05, 3.63) is 35.6 Å². The number of halogens is 3. The number of nitrogens with two attached hydrogens (primary N) is 1. The fourth-order valence-electron chi connectivity index (χ4n) is 4.78. The summed E-state index contributed by atoms with van der Waals surface area (Å²) in [5.74, 6) is -1.16. The van der Waals surface area contributed by atoms with Gasteiger partial charge in [0.15, 0.2) is 6.80 Å². The van der Waals surface area contributed by atoms with Crippen LogP contribution in [-0.2, 0) is 20.9 Å². The molecule has 0 radical (unpaired) electrons. The number of alkyl halides is 2. The van der Waals surface area contributed by atoms with E-state index in [2.05, 4.69) is 27.9 Å². The summed E-state index contributed by atoms with van der Waals surface area (Å²) < 4.78 is 33.3. The number of ether oxygens (including phenoxy) is 1. The summed E-state index contributed by atoms with van der Waals surface area (Å²) in [6, 6.07) is 3.35. The number of nitrogens with one attached hydrogen (secondary N) is 1. The van der Waals surface area contributed by atoms with E-state index in [9.17, 15) is 23.2 Å². The molecule has 13 heteroatoms. The fraction of sp³-hybridized carbons (Fsp3) is 0.591. The highest BCUT2D eigenvalue weighted by Crippen LogP contribution is 2.29. The Balaban J connectivity index is 1.60. The Hall–Kier alpha value is -2.10. The lowest BCUT2D eigenvalue weighted by molar-refractivity contribution is -0.196. The van der Waals surface area contributed by atoms with Crippen LogP contribution in [0.25, 0.3) is 0 Å². The van der Waals surface area contributed by atoms with Crippen LogP contribution < -0.4 is 11.1 Å². The first kappa shape index (κ1) is 26.0. The maximum absolute atomic E-state index is 14.0. The quantitative estimate of drug-likeness (QED) is 0.270. The van der Waals surface area contributed by atoms with Gasteiger partial charge in [0.25, 0.3) is 0 Å². The summed E-state index contributed by atoms with van der Waals surface area (Å²) >= 11 is 2.06. The van der Waals surface area contributed by atoms with Crippen LogP contribution in [0.1, 0.15) is 18.4 Å². The normalized spacial score (nSPS) is 26.2. The smallest absolute Gasteiger partial charge is 0.334 e. The lowest BCUT2D eigenvalue weighted by atomic mass is 10.0. The molecule has 0 saturated carbocycles. The largest absolute Gasteiger partial charge is 0.376 e. The van der Waals surface area contributed by atoms with E-state index in [1.807, 2.05) is 0 Å². The second-order valence-electron chi connectivity index (χ2n) is 8.84. The zero-order chi connectivity index (χ0) is 25.1. The summed E-state index contributed by atoms with van der Waals surface area (Å²) in [7, 11) is 0. The van der Waals surface area contributed by atoms with E-state index in [1.54, 1.807) is 4.90 Å². The van der Waals surface area contributed by atoms with Crippen LogP contribution in [-0.4, -0.2) is 99.5 Å². The third-order valence-corrected chi connectivity index (χ3v) is 7.51. The molecule has 3 saturated heterocycles. The van der Waals surface area contributed by atoms with E-state index in [-0.39, 0.29) is 25.1 Å². The van der Waals surface area contributed by atoms with Crippen LogP contribution in [0.4, 0.5) is 13.6 Å². The molecule has 0 bridgehead atoms. The highest BCUT2D eigenvalue weighted by atomic mass is 127. The van der Waals surface area contributed by atoms with E-state index in [0.29, 0.717) is 23.1 Å². The topological polar surface area (TPSA) is 111 Å². The molecule has 3 N–H and O–H groups in total. The van der Waals surface area contributed by atoms with Crippen molar-refractivity contribution in [3.8, 4) is 0 Å². The van der Waals surface area contributed by atoms with E-state index in [4.69, 9.17) is 10.5 Å². The number of hydrogen-bond donors (Lipinski definition) is 2. The molecule has 0 spiro atoms. The lowest BCUT2D eigenvalue weighted by Crippen LogP contribution is -2.78. The summed E-state index contributed by atoms with van der Waals surface area (Å²) in [5, 5.41) is 4.90. The maximum Gasteiger partial charge on any atom is 0.334 e. The van der Waals surface area contributed by atoms with Crippen molar-refractivity contribution in [1.82, 2.24) is 25.1 Å². The molecule has 2 unspecified atom stereocenters. The van der Waals surface area contributed by atoms with Gasteiger partial charge in [-0.15, -0.1) is 0 Å². The first-order valence-electron chi connectivity index (χ1n) is 11.5. The highest BCUT2D eigenvalue weighted by Gasteiger charge is 2.53. The van der Waals surface area contributed by atoms with Crippen LogP contribution in [0, 0.1) is 5.82 Å². The summed E-state index contributed by atoms with van der Waals surface area (Å²) in [4.78, 5) is 42.7. The van der Waals surface area contributed by atoms with Gasteiger partial charge in [-0.3, -0.25) is 9.59 Å². The first-order chi connectivity index (χ1) is 16.8. The predicted octanol–water partition coefficient (Wildman–Crippen LogP) is 0.802. The van der Waals surface area contributed by atoms with Crippen LogP contribution in [0.2, 0.25) is 0 Å². The average molecular weight is 606 g/mol. The molecule has 4 rings (SSSR count). The Morgan fingerprint density at radius 3 is 2.66 bits per heavy atom. The van der Waals surface area contributed by atoms with Crippen molar-refractivity contribution in [2.24, 2.45) is 5.73 Å². The SMILES string of the molecule is NC(CI)[C@H]1C(=O)N(CC2CCCO2)C[C@H]2N1C(=O)CN(CF)N2C(=O)NCc1ccc(F)cc1. The molecule has 192 valence electrons. The van der Waals surface area contributed by atoms with Gasteiger partial charge >= 0.3 is 6.03 Å². The number of piperazine rings is 1. The zero-order valence-corrected chi connectivity index (χ0v) is 21.3. The van der Waals surface area contributed by atoms with Crippen molar-refractivity contribution in [2.75, 3.05) is 37.5 Å². The van der Waals surface area contributed by atoms with Gasteiger partial charge in [-0.05, 0) is 30.5 Å². The minimum Gasteiger partial charge on any atom is -0.376 e. The number of nitrogens with zero attached hydrogens (tertiary/aromatic N) is 4. The van der Waals surface area contributed by atoms with E-state index >= 15 is 0 Å². The number of benzene rings is 1. The van der Waals surface area contributed by atoms with Crippen molar-refractivity contribution in [2.45, 2.75) is 43.7 Å². The van der Waals surface area contributed by atoms with Crippen LogP contribution in [0.15, 0.2) is 24.3 Å². The van der Waals surface area contributed by atoms with Crippen LogP contribution >= 0.6 is 22.6 Å². The number of carbonyl (C=O) groups excluding carboxylic acids is 3. The van der Waals surface area contributed by atoms with Gasteiger partial charge < -0.3 is 25.6 Å². The molecule has 4 atom stereocenters. The third-order valence-electron chi connectivity index (χ3n) is 6.50. The van der Waals surface area contributed by atoms with Crippen molar-refractivity contribution in [3.63, 3.8) is 0 Å². The molecule has 3 aliphatic rings. The number of hydrogen-bond acceptors (Lipinski definition) is 6. The molecule has 1 aromatic carbocycles. The molecule has 3 fully saturated rings. The van der Waals surface area contributed by atoms with Gasteiger partial charge in [0.2, 0.25) is 11.8 Å². The molecule has 3 heterocycles. The summed E-state index contributed by atoms with van der Waals surface area (Å²) in [6.45, 7) is -0.461. The molecular weight excluding hydrogens is 577 g/mol. The summed E-state index contributed by atoms with van der Waals surface area (Å²) in [5.41, 5.74) is 6.95. The van der Waals surface area contributed by atoms with Gasteiger partial charge in [0, 0.05) is 30.2 Å². The van der Waals surface area contributed by atoms with Crippen molar-refractivity contribution >= 4 is 40.4 Å². The van der Waals surface area contributed by atoms with Crippen LogP contribution in [0.3, 0.4) is 0 Å². The second kappa shape index (κ2) is 11.3. The molecule has 0 aliphatic carbocycles. The average Bonchev–Trinajstić information content (AvgIpc) is 3.37. The monoisotopic (exact) mass is 606 g/mol. The number of rotatable bonds is 7. The molecule has 10 nitrogen and oxygen atoms in total. The standard InChI is InChI=1S/C22H29F2IN6O4/c23-13-29-12-19(32)30-18(31(29)22(34)27-9-14-3-5-15(24)6-4-14)11-28(10-16-2-1-7-35-16)21(33)20(30)17(26)8-25/h3-6,16-18,20H,1-2,7-13,26H2,(H,27,34)/t16?,17?,18-,20-/m0/s1. The van der Waals surface area contributed by atoms with Gasteiger partial charge in [0.1, 0.15) is 24.6 Å². The van der Waals surface area contributed by atoms with E-state index < -0.39 is 49.3 Å². The third kappa shape index (κ3) is 5.52. The number of amides is 4. The Morgan fingerprint density at radius 2 is 2.03 bits per heavy atom. The molecule has 4 amide bonds. The number of hydrazine groups is 1. The maximum atomic E-state index is 14.0. The Labute approximate surface area is 215 Å². The molecule has 3 aliphatic heterocycles. The Kier molecular flexibility index (Phi) is 8.39. The van der Waals surface area contributed by atoms with Gasteiger partial charge in [-0.1, -0.05) is 34.7 Å². The zero-order valence-electron chi connectivity index (χ0n) is 19.1. The number of carbonyl (C=O) groups is 3. The minimum absolute atomic E-state index is 0.00929. The van der Waals surface area contributed by atoms with E-state index in [0.717, 1.165) is 22.9 Å². The Morgan fingerprint density at radius 1 is 1.29 bits per heavy atom. The van der Waals surface area contributed by atoms with Crippen molar-refractivity contribution in [1.29, 1.82) is 0 Å². The summed E-state index contributed by atoms with van der Waals surface area (Å²) in [6.07, 6.45) is 0.626. The number of urea groups is 1. The second-order valence-corrected chi connectivity index (χ2v) is 9.72. The Bertz CT molecular complexity index is 935. The van der Waals surface area contributed by atoms with E-state index in [1.165, 1.54) is 29.2 Å². The molecular formula is C22H29F2IN6O4. The first-order valence-corrected chi connectivity index (χ1v) is 13.0. The van der Waals surface area contributed by atoms with Gasteiger partial charge in [-0.2, -0.15) is 5.01 Å². The molecule has 1 aromatic rings. The number of fused-ring (bicyclic) bond motifs is 1. The lowest BCUT2D eigenvalue weighted by Gasteiger charge is -2.55.